The van der Waals surface area contributed by atoms with Gasteiger partial charge in [0.25, 0.3) is 0 Å². The smallest absolute Gasteiger partial charge is 0.228 e. The highest BCUT2D eigenvalue weighted by molar-refractivity contribution is 6.00. The molecule has 0 aromatic heterocycles. The van der Waals surface area contributed by atoms with Crippen LogP contribution in [0.3, 0.4) is 0 Å². The number of benzene rings is 2. The molecule has 0 bridgehead atoms. The molecule has 2 saturated heterocycles. The quantitative estimate of drug-likeness (QED) is 0.844. The molecule has 6 nitrogen and oxygen atoms in total. The number of rotatable bonds is 4. The number of halogens is 1. The van der Waals surface area contributed by atoms with Gasteiger partial charge in [0.05, 0.1) is 5.92 Å². The predicted octanol–water partition coefficient (Wildman–Crippen LogP) is 3.06. The number of hydrogen-bond acceptors (Lipinski definition) is 3. The second-order valence-electron chi connectivity index (χ2n) is 7.84. The first-order chi connectivity index (χ1) is 14.5. The molecule has 0 saturated carbocycles. The molecule has 1 N–H and O–H groups in total. The summed E-state index contributed by atoms with van der Waals surface area (Å²) < 4.78 is 13.0. The van der Waals surface area contributed by atoms with Gasteiger partial charge in [-0.3, -0.25) is 14.4 Å². The summed E-state index contributed by atoms with van der Waals surface area (Å²) >= 11 is 0. The zero-order valence-corrected chi connectivity index (χ0v) is 16.6. The molecule has 2 aliphatic rings. The predicted molar refractivity (Wildman–Crippen MR) is 111 cm³/mol. The summed E-state index contributed by atoms with van der Waals surface area (Å²) in [6, 6.07) is 15.0. The van der Waals surface area contributed by atoms with Crippen LogP contribution in [-0.2, 0) is 14.4 Å². The van der Waals surface area contributed by atoms with Gasteiger partial charge in [-0.2, -0.15) is 0 Å². The van der Waals surface area contributed by atoms with Gasteiger partial charge in [0.2, 0.25) is 17.7 Å². The molecule has 1 unspecified atom stereocenters. The first-order valence-corrected chi connectivity index (χ1v) is 10.2. The second-order valence-corrected chi connectivity index (χ2v) is 7.84. The van der Waals surface area contributed by atoms with Crippen molar-refractivity contribution in [2.75, 3.05) is 29.9 Å². The molecule has 2 aliphatic heterocycles. The minimum Gasteiger partial charge on any atom is -0.342 e. The lowest BCUT2D eigenvalue weighted by molar-refractivity contribution is -0.138. The van der Waals surface area contributed by atoms with E-state index in [2.05, 4.69) is 5.32 Å². The molecule has 30 heavy (non-hydrogen) atoms. The number of piperidine rings is 1. The molecule has 4 rings (SSSR count). The highest BCUT2D eigenvalue weighted by Gasteiger charge is 2.38. The third-order valence-electron chi connectivity index (χ3n) is 5.83. The van der Waals surface area contributed by atoms with E-state index in [0.29, 0.717) is 38.2 Å². The Kier molecular flexibility index (Phi) is 5.79. The second kappa shape index (κ2) is 8.65. The zero-order valence-electron chi connectivity index (χ0n) is 16.6. The van der Waals surface area contributed by atoms with Crippen LogP contribution in [0.4, 0.5) is 15.8 Å². The van der Waals surface area contributed by atoms with E-state index in [9.17, 15) is 18.8 Å². The van der Waals surface area contributed by atoms with Crippen LogP contribution < -0.4 is 10.2 Å². The van der Waals surface area contributed by atoms with Gasteiger partial charge in [-0.15, -0.1) is 0 Å². The Hall–Kier alpha value is -3.22. The van der Waals surface area contributed by atoms with Crippen LogP contribution in [0.2, 0.25) is 0 Å². The molecule has 2 fully saturated rings. The van der Waals surface area contributed by atoms with Crippen molar-refractivity contribution in [1.82, 2.24) is 4.90 Å². The highest BCUT2D eigenvalue weighted by Crippen LogP contribution is 2.28. The molecule has 0 aliphatic carbocycles. The Morgan fingerprint density at radius 1 is 0.933 bits per heavy atom. The molecule has 2 aromatic carbocycles. The minimum absolute atomic E-state index is 0.0147. The molecular formula is C23H24FN3O3. The first kappa shape index (κ1) is 20.1. The normalized spacial score (nSPS) is 19.8. The largest absolute Gasteiger partial charge is 0.342 e. The zero-order chi connectivity index (χ0) is 21.1. The Labute approximate surface area is 174 Å². The Balaban J connectivity index is 1.29. The number of hydrogen-bond donors (Lipinski definition) is 1. The molecule has 1 atom stereocenters. The third kappa shape index (κ3) is 4.35. The lowest BCUT2D eigenvalue weighted by Gasteiger charge is -2.33. The minimum atomic E-state index is -0.351. The van der Waals surface area contributed by atoms with Crippen molar-refractivity contribution in [3.63, 3.8) is 0 Å². The highest BCUT2D eigenvalue weighted by atomic mass is 19.1. The van der Waals surface area contributed by atoms with Crippen LogP contribution in [0.5, 0.6) is 0 Å². The van der Waals surface area contributed by atoms with E-state index >= 15 is 0 Å². The van der Waals surface area contributed by atoms with E-state index in [0.717, 1.165) is 5.69 Å². The number of nitrogens with zero attached hydrogens (tertiary/aromatic N) is 2. The van der Waals surface area contributed by atoms with Crippen molar-refractivity contribution in [1.29, 1.82) is 0 Å². The maximum absolute atomic E-state index is 13.0. The van der Waals surface area contributed by atoms with E-state index in [1.165, 1.54) is 24.3 Å². The average molecular weight is 409 g/mol. The van der Waals surface area contributed by atoms with Gasteiger partial charge in [0, 0.05) is 43.3 Å². The summed E-state index contributed by atoms with van der Waals surface area (Å²) in [6.07, 6.45) is 1.36. The van der Waals surface area contributed by atoms with Crippen molar-refractivity contribution in [2.45, 2.75) is 19.3 Å². The maximum Gasteiger partial charge on any atom is 0.228 e. The van der Waals surface area contributed by atoms with Crippen molar-refractivity contribution in [3.05, 3.63) is 60.4 Å². The lowest BCUT2D eigenvalue weighted by Crippen LogP contribution is -2.44. The molecule has 0 spiro atoms. The Bertz CT molecular complexity index is 924. The fourth-order valence-electron chi connectivity index (χ4n) is 4.13. The molecule has 7 heteroatoms. The van der Waals surface area contributed by atoms with E-state index in [1.807, 2.05) is 30.3 Å². The van der Waals surface area contributed by atoms with Crippen LogP contribution in [0.25, 0.3) is 0 Å². The number of para-hydroxylation sites is 1. The van der Waals surface area contributed by atoms with Crippen LogP contribution in [0.1, 0.15) is 19.3 Å². The number of nitrogens with one attached hydrogen (secondary N) is 1. The summed E-state index contributed by atoms with van der Waals surface area (Å²) in [4.78, 5) is 41.2. The number of likely N-dealkylation sites (tertiary alicyclic amines) is 1. The van der Waals surface area contributed by atoms with Crippen molar-refractivity contribution in [2.24, 2.45) is 11.8 Å². The van der Waals surface area contributed by atoms with Crippen molar-refractivity contribution in [3.8, 4) is 0 Å². The van der Waals surface area contributed by atoms with Gasteiger partial charge in [-0.1, -0.05) is 18.2 Å². The summed E-state index contributed by atoms with van der Waals surface area (Å²) in [6.45, 7) is 1.39. The number of carbonyl (C=O) groups is 3. The molecule has 3 amide bonds. The van der Waals surface area contributed by atoms with Gasteiger partial charge >= 0.3 is 0 Å². The summed E-state index contributed by atoms with van der Waals surface area (Å²) in [7, 11) is 0. The van der Waals surface area contributed by atoms with Gasteiger partial charge in [-0.05, 0) is 49.2 Å². The standard InChI is InChI=1S/C23H24FN3O3/c24-18-6-8-19(9-7-18)25-22(29)16-10-12-26(13-11-16)23(30)17-14-21(28)27(15-17)20-4-2-1-3-5-20/h1-9,16-17H,10-15H2,(H,25,29). The van der Waals surface area contributed by atoms with Crippen LogP contribution >= 0.6 is 0 Å². The maximum atomic E-state index is 13.0. The van der Waals surface area contributed by atoms with E-state index in [-0.39, 0.29) is 41.8 Å². The van der Waals surface area contributed by atoms with Gasteiger partial charge < -0.3 is 15.1 Å². The monoisotopic (exact) mass is 409 g/mol. The van der Waals surface area contributed by atoms with Gasteiger partial charge in [-0.25, -0.2) is 4.39 Å². The Morgan fingerprint density at radius 3 is 2.27 bits per heavy atom. The molecule has 156 valence electrons. The molecule has 0 radical (unpaired) electrons. The van der Waals surface area contributed by atoms with Crippen LogP contribution in [0.15, 0.2) is 54.6 Å². The third-order valence-corrected chi connectivity index (χ3v) is 5.83. The van der Waals surface area contributed by atoms with E-state index in [1.54, 1.807) is 9.80 Å². The van der Waals surface area contributed by atoms with Crippen LogP contribution in [-0.4, -0.2) is 42.3 Å². The Morgan fingerprint density at radius 2 is 1.60 bits per heavy atom. The van der Waals surface area contributed by atoms with Gasteiger partial charge in [0.15, 0.2) is 0 Å². The molecule has 2 heterocycles. The summed E-state index contributed by atoms with van der Waals surface area (Å²) in [5.41, 5.74) is 1.37. The van der Waals surface area contributed by atoms with Crippen molar-refractivity contribution >= 4 is 29.1 Å². The summed E-state index contributed by atoms with van der Waals surface area (Å²) in [5, 5.41) is 2.81. The van der Waals surface area contributed by atoms with Crippen molar-refractivity contribution < 1.29 is 18.8 Å². The molecule has 2 aromatic rings. The first-order valence-electron chi connectivity index (χ1n) is 10.2. The van der Waals surface area contributed by atoms with Gasteiger partial charge in [0.1, 0.15) is 5.82 Å². The lowest BCUT2D eigenvalue weighted by atomic mass is 9.94. The van der Waals surface area contributed by atoms with E-state index in [4.69, 9.17) is 0 Å². The topological polar surface area (TPSA) is 69.7 Å². The molecular weight excluding hydrogens is 385 g/mol. The average Bonchev–Trinajstić information content (AvgIpc) is 3.17. The van der Waals surface area contributed by atoms with E-state index < -0.39 is 0 Å². The number of amides is 3. The number of anilines is 2. The fraction of sp³-hybridized carbons (Fsp3) is 0.348. The van der Waals surface area contributed by atoms with Crippen LogP contribution in [0, 0.1) is 17.7 Å². The SMILES string of the molecule is O=C(Nc1ccc(F)cc1)C1CCN(C(=O)C2CC(=O)N(c3ccccc3)C2)CC1. The fourth-order valence-corrected chi connectivity index (χ4v) is 4.13. The summed E-state index contributed by atoms with van der Waals surface area (Å²) in [5.74, 6) is -1.05. The number of carbonyl (C=O) groups excluding carboxylic acids is 3.